The number of carboxylic acids is 1. The van der Waals surface area contributed by atoms with E-state index >= 15 is 0 Å². The van der Waals surface area contributed by atoms with Crippen LogP contribution < -0.4 is 5.32 Å². The van der Waals surface area contributed by atoms with Crippen LogP contribution in [0.3, 0.4) is 0 Å². The smallest absolute Gasteiger partial charge is 0.354 e. The van der Waals surface area contributed by atoms with Gasteiger partial charge < -0.3 is 15.0 Å². The zero-order valence-corrected chi connectivity index (χ0v) is 8.73. The number of hydrogen-bond donors (Lipinski definition) is 2. The van der Waals surface area contributed by atoms with E-state index in [1.165, 1.54) is 12.6 Å². The van der Waals surface area contributed by atoms with Crippen LogP contribution >= 0.6 is 0 Å². The van der Waals surface area contributed by atoms with Gasteiger partial charge in [-0.25, -0.2) is 9.78 Å². The predicted octanol–water partition coefficient (Wildman–Crippen LogP) is 1.57. The van der Waals surface area contributed by atoms with Gasteiger partial charge in [0.2, 0.25) is 5.95 Å². The van der Waals surface area contributed by atoms with Crippen molar-refractivity contribution in [3.63, 3.8) is 0 Å². The Morgan fingerprint density at radius 2 is 2.47 bits per heavy atom. The molecule has 1 fully saturated rings. The van der Waals surface area contributed by atoms with Crippen molar-refractivity contribution in [1.82, 2.24) is 9.55 Å². The van der Waals surface area contributed by atoms with Gasteiger partial charge >= 0.3 is 5.97 Å². The molecule has 1 saturated carbocycles. The van der Waals surface area contributed by atoms with Gasteiger partial charge in [0.25, 0.3) is 0 Å². The predicted molar refractivity (Wildman–Crippen MR) is 56.1 cm³/mol. The minimum Gasteiger partial charge on any atom is -0.477 e. The lowest BCUT2D eigenvalue weighted by Crippen LogP contribution is -2.28. The summed E-state index contributed by atoms with van der Waals surface area (Å²) in [5.74, 6) is -0.245. The van der Waals surface area contributed by atoms with E-state index in [1.54, 1.807) is 4.57 Å². The van der Waals surface area contributed by atoms with E-state index in [1.807, 2.05) is 6.92 Å². The molecule has 2 N–H and O–H groups in total. The number of anilines is 1. The van der Waals surface area contributed by atoms with Crippen molar-refractivity contribution in [1.29, 1.82) is 0 Å². The number of carbonyl (C=O) groups is 1. The number of imidazole rings is 1. The van der Waals surface area contributed by atoms with Crippen molar-refractivity contribution in [3.05, 3.63) is 11.9 Å². The molecule has 1 aliphatic rings. The Labute approximate surface area is 88.1 Å². The molecule has 0 aromatic carbocycles. The van der Waals surface area contributed by atoms with Gasteiger partial charge in [-0.3, -0.25) is 0 Å². The summed E-state index contributed by atoms with van der Waals surface area (Å²) in [6.07, 6.45) is 4.96. The van der Waals surface area contributed by atoms with Crippen molar-refractivity contribution >= 4 is 11.9 Å². The van der Waals surface area contributed by atoms with E-state index in [2.05, 4.69) is 10.3 Å². The number of hydrogen-bond acceptors (Lipinski definition) is 3. The number of nitrogens with one attached hydrogen (secondary N) is 1. The number of carboxylic acid groups (broad SMARTS) is 1. The van der Waals surface area contributed by atoms with Gasteiger partial charge in [-0.2, -0.15) is 0 Å². The van der Waals surface area contributed by atoms with Crippen LogP contribution in [0.25, 0.3) is 0 Å². The summed E-state index contributed by atoms with van der Waals surface area (Å²) in [6, 6.07) is 0.472. The highest BCUT2D eigenvalue weighted by atomic mass is 16.4. The van der Waals surface area contributed by atoms with Crippen LogP contribution in [0.4, 0.5) is 5.95 Å². The van der Waals surface area contributed by atoms with Crippen LogP contribution in [0.15, 0.2) is 6.20 Å². The SMILES string of the molecule is CCn1c(C(=O)O)cnc1NC1CCC1. The van der Waals surface area contributed by atoms with Crippen LogP contribution in [0.1, 0.15) is 36.7 Å². The molecule has 1 aromatic rings. The Morgan fingerprint density at radius 3 is 2.93 bits per heavy atom. The third-order valence-corrected chi connectivity index (χ3v) is 2.83. The molecule has 0 saturated heterocycles. The number of aromatic carboxylic acids is 1. The van der Waals surface area contributed by atoms with Gasteiger partial charge in [0.15, 0.2) is 0 Å². The third kappa shape index (κ3) is 1.82. The molecule has 0 amide bonds. The second-order valence-corrected chi connectivity index (χ2v) is 3.79. The van der Waals surface area contributed by atoms with Crippen molar-refractivity contribution in [2.45, 2.75) is 38.8 Å². The minimum absolute atomic E-state index is 0.249. The zero-order chi connectivity index (χ0) is 10.8. The fraction of sp³-hybridized carbons (Fsp3) is 0.600. The van der Waals surface area contributed by atoms with Crippen LogP contribution in [0, 0.1) is 0 Å². The molecule has 0 atom stereocenters. The van der Waals surface area contributed by atoms with Crippen LogP contribution in [-0.2, 0) is 6.54 Å². The van der Waals surface area contributed by atoms with Crippen molar-refractivity contribution in [2.75, 3.05) is 5.32 Å². The normalized spacial score (nSPS) is 16.1. The summed E-state index contributed by atoms with van der Waals surface area (Å²) >= 11 is 0. The molecular weight excluding hydrogens is 194 g/mol. The molecular formula is C10H15N3O2. The molecule has 1 heterocycles. The first-order valence-electron chi connectivity index (χ1n) is 5.27. The number of rotatable bonds is 4. The van der Waals surface area contributed by atoms with Gasteiger partial charge in [0, 0.05) is 12.6 Å². The maximum Gasteiger partial charge on any atom is 0.354 e. The Morgan fingerprint density at radius 1 is 1.73 bits per heavy atom. The minimum atomic E-state index is -0.925. The first-order valence-corrected chi connectivity index (χ1v) is 5.27. The quantitative estimate of drug-likeness (QED) is 0.789. The first kappa shape index (κ1) is 10.0. The monoisotopic (exact) mass is 209 g/mol. The highest BCUT2D eigenvalue weighted by molar-refractivity contribution is 5.86. The highest BCUT2D eigenvalue weighted by Gasteiger charge is 2.21. The topological polar surface area (TPSA) is 67.2 Å². The number of aromatic nitrogens is 2. The van der Waals surface area contributed by atoms with Gasteiger partial charge in [0.1, 0.15) is 5.69 Å². The Balaban J connectivity index is 2.18. The molecule has 0 bridgehead atoms. The highest BCUT2D eigenvalue weighted by Crippen LogP contribution is 2.23. The average Bonchev–Trinajstić information content (AvgIpc) is 2.53. The van der Waals surface area contributed by atoms with Gasteiger partial charge in [-0.15, -0.1) is 0 Å². The maximum absolute atomic E-state index is 10.9. The van der Waals surface area contributed by atoms with Crippen LogP contribution in [0.5, 0.6) is 0 Å². The third-order valence-electron chi connectivity index (χ3n) is 2.83. The van der Waals surface area contributed by atoms with E-state index < -0.39 is 5.97 Å². The molecule has 5 heteroatoms. The second-order valence-electron chi connectivity index (χ2n) is 3.79. The van der Waals surface area contributed by atoms with Gasteiger partial charge in [-0.05, 0) is 26.2 Å². The van der Waals surface area contributed by atoms with E-state index in [0.717, 1.165) is 12.8 Å². The Bertz CT molecular complexity index is 369. The summed E-state index contributed by atoms with van der Waals surface area (Å²) in [7, 11) is 0. The van der Waals surface area contributed by atoms with Crippen molar-refractivity contribution in [2.24, 2.45) is 0 Å². The average molecular weight is 209 g/mol. The molecule has 0 unspecified atom stereocenters. The second kappa shape index (κ2) is 3.92. The summed E-state index contributed by atoms with van der Waals surface area (Å²) in [5, 5.41) is 12.2. The first-order chi connectivity index (χ1) is 7.22. The largest absolute Gasteiger partial charge is 0.477 e. The summed E-state index contributed by atoms with van der Waals surface area (Å²) < 4.78 is 1.70. The molecule has 1 aromatic heterocycles. The van der Waals surface area contributed by atoms with Gasteiger partial charge in [-0.1, -0.05) is 0 Å². The van der Waals surface area contributed by atoms with Crippen molar-refractivity contribution in [3.8, 4) is 0 Å². The summed E-state index contributed by atoms with van der Waals surface area (Å²) in [5.41, 5.74) is 0.249. The Hall–Kier alpha value is -1.52. The fourth-order valence-corrected chi connectivity index (χ4v) is 1.72. The molecule has 0 spiro atoms. The maximum atomic E-state index is 10.9. The van der Waals surface area contributed by atoms with Crippen LogP contribution in [0.2, 0.25) is 0 Å². The van der Waals surface area contributed by atoms with E-state index in [9.17, 15) is 4.79 Å². The van der Waals surface area contributed by atoms with Gasteiger partial charge in [0.05, 0.1) is 6.20 Å². The fourth-order valence-electron chi connectivity index (χ4n) is 1.72. The lowest BCUT2D eigenvalue weighted by Gasteiger charge is -2.27. The van der Waals surface area contributed by atoms with E-state index in [-0.39, 0.29) is 5.69 Å². The summed E-state index contributed by atoms with van der Waals surface area (Å²) in [4.78, 5) is 15.0. The van der Waals surface area contributed by atoms with Crippen molar-refractivity contribution < 1.29 is 9.90 Å². The zero-order valence-electron chi connectivity index (χ0n) is 8.73. The molecule has 82 valence electrons. The molecule has 1 aliphatic carbocycles. The molecule has 0 aliphatic heterocycles. The molecule has 5 nitrogen and oxygen atoms in total. The number of nitrogens with zero attached hydrogens (tertiary/aromatic N) is 2. The molecule has 2 rings (SSSR count). The van der Waals surface area contributed by atoms with Crippen LogP contribution in [-0.4, -0.2) is 26.7 Å². The molecule has 0 radical (unpaired) electrons. The lowest BCUT2D eigenvalue weighted by atomic mass is 9.93. The lowest BCUT2D eigenvalue weighted by molar-refractivity contribution is 0.0685. The Kier molecular flexibility index (Phi) is 2.62. The standard InChI is InChI=1S/C10H15N3O2/c1-2-13-8(9(14)15)6-11-10(13)12-7-4-3-5-7/h6-7H,2-5H2,1H3,(H,11,12)(H,14,15). The summed E-state index contributed by atoms with van der Waals surface area (Å²) in [6.45, 7) is 2.54. The molecule has 15 heavy (non-hydrogen) atoms. The van der Waals surface area contributed by atoms with E-state index in [0.29, 0.717) is 18.5 Å². The van der Waals surface area contributed by atoms with E-state index in [4.69, 9.17) is 5.11 Å².